The summed E-state index contributed by atoms with van der Waals surface area (Å²) in [6.45, 7) is 0. The molecular weight excluding hydrogens is 927 g/mol. The van der Waals surface area contributed by atoms with Crippen molar-refractivity contribution in [1.29, 1.82) is 0 Å². The minimum Gasteiger partial charge on any atom is -0.310 e. The van der Waals surface area contributed by atoms with E-state index in [1.165, 1.54) is 28.3 Å². The van der Waals surface area contributed by atoms with Crippen molar-refractivity contribution in [2.75, 3.05) is 0 Å². The second-order valence-electron chi connectivity index (χ2n) is 12.7. The molecular formula is C51H67N19OS. The minimum absolute atomic E-state index is 0. The third kappa shape index (κ3) is 17.4. The Morgan fingerprint density at radius 2 is 1.03 bits per heavy atom. The number of allylic oxidation sites excluding steroid dienone is 1. The molecule has 14 rings (SSSR count). The monoisotopic (exact) mass is 994 g/mol. The van der Waals surface area contributed by atoms with E-state index in [0.29, 0.717) is 6.42 Å². The number of ketones is 1. The molecule has 0 radical (unpaired) electrons. The normalized spacial score (nSPS) is 9.81. The van der Waals surface area contributed by atoms with Crippen molar-refractivity contribution in [2.24, 2.45) is 0 Å². The number of benzene rings is 1. The number of thiazole rings is 1. The summed E-state index contributed by atoms with van der Waals surface area (Å²) in [7, 11) is 0. The number of imidazole rings is 3. The first-order valence-electron chi connectivity index (χ1n) is 19.2. The maximum Gasteiger partial charge on any atom is 0.175 e. The van der Waals surface area contributed by atoms with Crippen molar-refractivity contribution in [3.05, 3.63) is 202 Å². The average Bonchev–Trinajstić information content (AvgIpc) is 4.21. The van der Waals surface area contributed by atoms with Crippen molar-refractivity contribution < 1.29 is 4.79 Å². The van der Waals surface area contributed by atoms with Crippen LogP contribution in [0.1, 0.15) is 65.2 Å². The molecule has 0 bridgehead atoms. The number of aromatic nitrogens is 19. The molecule has 378 valence electrons. The van der Waals surface area contributed by atoms with Crippen LogP contribution in [-0.2, 0) is 11.2 Å². The molecule has 0 unspecified atom stereocenters. The summed E-state index contributed by atoms with van der Waals surface area (Å²) in [5, 5.41) is 19.5. The zero-order valence-electron chi connectivity index (χ0n) is 33.6. The lowest BCUT2D eigenvalue weighted by Gasteiger charge is -2.03. The number of fused-ring (bicyclic) bond motifs is 7. The number of rotatable bonds is 0. The van der Waals surface area contributed by atoms with Crippen LogP contribution in [0.25, 0.3) is 44.7 Å². The molecule has 13 heterocycles. The van der Waals surface area contributed by atoms with Crippen LogP contribution in [-0.4, -0.2) is 98.3 Å². The molecule has 13 aromatic rings. The second-order valence-corrected chi connectivity index (χ2v) is 13.6. The van der Waals surface area contributed by atoms with Crippen molar-refractivity contribution in [2.45, 2.75) is 65.8 Å². The highest BCUT2D eigenvalue weighted by molar-refractivity contribution is 7.16. The zero-order chi connectivity index (χ0) is 43.6. The molecule has 0 spiro atoms. The summed E-state index contributed by atoms with van der Waals surface area (Å²) in [5.74, 6) is 0.950. The van der Waals surface area contributed by atoms with Crippen LogP contribution >= 0.6 is 11.3 Å². The van der Waals surface area contributed by atoms with Gasteiger partial charge in [-0.1, -0.05) is 83.7 Å². The van der Waals surface area contributed by atoms with E-state index in [0.717, 1.165) is 39.6 Å². The summed E-state index contributed by atoms with van der Waals surface area (Å²) >= 11 is 1.68. The van der Waals surface area contributed by atoms with Gasteiger partial charge in [0.1, 0.15) is 30.5 Å². The van der Waals surface area contributed by atoms with Crippen LogP contribution in [0.2, 0.25) is 0 Å². The lowest BCUT2D eigenvalue weighted by molar-refractivity contribution is -0.114. The summed E-state index contributed by atoms with van der Waals surface area (Å²) in [6.07, 6.45) is 31.3. The van der Waals surface area contributed by atoms with Crippen molar-refractivity contribution >= 4 is 61.8 Å². The Labute approximate surface area is 425 Å². The highest BCUT2D eigenvalue weighted by Gasteiger charge is 2.09. The van der Waals surface area contributed by atoms with Gasteiger partial charge in [0.25, 0.3) is 0 Å². The van der Waals surface area contributed by atoms with E-state index >= 15 is 0 Å². The Morgan fingerprint density at radius 3 is 1.76 bits per heavy atom. The topological polar surface area (TPSA) is 212 Å². The van der Waals surface area contributed by atoms with Gasteiger partial charge in [0.05, 0.1) is 28.3 Å². The standard InChI is InChI=1S/C7H6N2O.C7H6N2.C7H5NS.2C6H5N3.2C5H4N4.8CH4/c10-6-1-3-9-4-2-8-7(9)5-6;1-2-5-9-6-4-8-7(9)3-1;1-2-4-7-6(3-1)8-5-9-7;1-2-6-7-4-5-9(6)8-3-1;1-2-4-9-6(3-1)7-5-8-9;1-2-9-5(3-6-1)7-4-8-9;1-2-5-6-4-8-9(5)7-3-1;;;;;;;;/h1-4H,5H2;1-6H;3*1-5H;2*1-4H;8*1H4. The van der Waals surface area contributed by atoms with E-state index in [4.69, 9.17) is 0 Å². The van der Waals surface area contributed by atoms with Gasteiger partial charge in [-0.3, -0.25) is 9.78 Å². The Morgan fingerprint density at radius 1 is 0.444 bits per heavy atom. The summed E-state index contributed by atoms with van der Waals surface area (Å²) in [6, 6.07) is 27.3. The van der Waals surface area contributed by atoms with Gasteiger partial charge in [-0.2, -0.15) is 20.4 Å². The summed E-state index contributed by atoms with van der Waals surface area (Å²) in [4.78, 5) is 42.7. The third-order valence-corrected chi connectivity index (χ3v) is 9.35. The Bertz CT molecular complexity index is 2780. The van der Waals surface area contributed by atoms with Gasteiger partial charge < -0.3 is 8.97 Å². The molecule has 0 amide bonds. The molecule has 1 aromatic carbocycles. The lowest BCUT2D eigenvalue weighted by Crippen LogP contribution is -2.09. The Kier molecular flexibility index (Phi) is 28.3. The van der Waals surface area contributed by atoms with Gasteiger partial charge in [-0.15, -0.1) is 21.1 Å². The highest BCUT2D eigenvalue weighted by atomic mass is 32.1. The van der Waals surface area contributed by atoms with Crippen LogP contribution in [0, 0.1) is 0 Å². The molecule has 0 aliphatic carbocycles. The molecule has 72 heavy (non-hydrogen) atoms. The fourth-order valence-electron chi connectivity index (χ4n) is 5.54. The average molecular weight is 994 g/mol. The summed E-state index contributed by atoms with van der Waals surface area (Å²) < 4.78 is 11.7. The first-order chi connectivity index (χ1) is 31.7. The number of carbonyl (C=O) groups is 1. The van der Waals surface area contributed by atoms with Gasteiger partial charge in [0.2, 0.25) is 0 Å². The van der Waals surface area contributed by atoms with E-state index < -0.39 is 0 Å². The maximum atomic E-state index is 10.8. The molecule has 12 aromatic heterocycles. The van der Waals surface area contributed by atoms with Crippen molar-refractivity contribution in [3.8, 4) is 0 Å². The Hall–Kier alpha value is -9.24. The number of hydrogen-bond donors (Lipinski definition) is 0. The molecule has 1 aliphatic rings. The van der Waals surface area contributed by atoms with Crippen molar-refractivity contribution in [1.82, 2.24) is 92.5 Å². The first-order valence-corrected chi connectivity index (χ1v) is 20.1. The smallest absolute Gasteiger partial charge is 0.175 e. The molecule has 0 atom stereocenters. The number of hydrogen-bond acceptors (Lipinski definition) is 15. The van der Waals surface area contributed by atoms with Crippen molar-refractivity contribution in [3.63, 3.8) is 0 Å². The fourth-order valence-corrected chi connectivity index (χ4v) is 6.22. The third-order valence-electron chi connectivity index (χ3n) is 8.54. The molecule has 0 saturated heterocycles. The molecule has 0 N–H and O–H groups in total. The number of carbonyl (C=O) groups excluding carboxylic acids is 1. The number of nitrogens with zero attached hydrogens (tertiary/aromatic N) is 19. The molecule has 1 aliphatic heterocycles. The maximum absolute atomic E-state index is 10.8. The predicted molar refractivity (Wildman–Crippen MR) is 292 cm³/mol. The Balaban J connectivity index is 0.000000802. The van der Waals surface area contributed by atoms with Gasteiger partial charge in [-0.25, -0.2) is 48.4 Å². The molecule has 21 heteroatoms. The molecule has 20 nitrogen and oxygen atoms in total. The first kappa shape index (κ1) is 62.8. The van der Waals surface area contributed by atoms with Crippen LogP contribution in [0.15, 0.2) is 196 Å². The highest BCUT2D eigenvalue weighted by Crippen LogP contribution is 2.15. The number of pyridine rings is 2. The zero-order valence-corrected chi connectivity index (χ0v) is 34.4. The SMILES string of the molecule is C.C.C.C.C.C.C.C.O=C1C=Cn2ccnc2C1.c1ccc2scnc2c1.c1ccn2ccnc2c1.c1ccn2ncnc2c1.c1cn2ncnc2cn1.c1cnn2ccnc2c1.c1cnn2ncnc2c1. The van der Waals surface area contributed by atoms with Crippen LogP contribution in [0.3, 0.4) is 0 Å². The lowest BCUT2D eigenvalue weighted by atomic mass is 10.2. The van der Waals surface area contributed by atoms with Crippen LogP contribution in [0.5, 0.6) is 0 Å². The predicted octanol–water partition coefficient (Wildman–Crippen LogP) is 10.9. The van der Waals surface area contributed by atoms with Gasteiger partial charge in [0.15, 0.2) is 28.4 Å². The molecule has 0 saturated carbocycles. The van der Waals surface area contributed by atoms with Crippen LogP contribution in [0.4, 0.5) is 0 Å². The summed E-state index contributed by atoms with van der Waals surface area (Å²) in [5.41, 5.74) is 7.29. The van der Waals surface area contributed by atoms with E-state index in [1.54, 1.807) is 86.7 Å². The second kappa shape index (κ2) is 32.5. The van der Waals surface area contributed by atoms with E-state index in [2.05, 4.69) is 71.4 Å². The minimum atomic E-state index is 0. The quantitative estimate of drug-likeness (QED) is 0.138. The van der Waals surface area contributed by atoms with E-state index in [-0.39, 0.29) is 65.2 Å². The van der Waals surface area contributed by atoms with Gasteiger partial charge in [-0.05, 0) is 66.7 Å². The van der Waals surface area contributed by atoms with Crippen LogP contribution < -0.4 is 0 Å². The number of para-hydroxylation sites is 1. The largest absolute Gasteiger partial charge is 0.310 e. The molecule has 0 fully saturated rings. The van der Waals surface area contributed by atoms with E-state index in [1.807, 2.05) is 124 Å². The van der Waals surface area contributed by atoms with Gasteiger partial charge >= 0.3 is 0 Å². The van der Waals surface area contributed by atoms with Gasteiger partial charge in [0, 0.05) is 80.6 Å². The fraction of sp³-hybridized carbons (Fsp3) is 0.176. The van der Waals surface area contributed by atoms with E-state index in [9.17, 15) is 4.79 Å².